The normalized spacial score (nSPS) is 12.3. The predicted octanol–water partition coefficient (Wildman–Crippen LogP) is 4.63. The number of nitrogens with one attached hydrogen (secondary N) is 1. The third kappa shape index (κ3) is 3.67. The zero-order valence-electron chi connectivity index (χ0n) is 12.2. The van der Waals surface area contributed by atoms with Gasteiger partial charge in [0.05, 0.1) is 0 Å². The number of hydrogen-bond acceptors (Lipinski definition) is 1. The molecular formula is C18H22FN. The van der Waals surface area contributed by atoms with Crippen LogP contribution in [-0.2, 0) is 13.0 Å². The molecule has 2 heteroatoms. The van der Waals surface area contributed by atoms with E-state index in [9.17, 15) is 4.39 Å². The van der Waals surface area contributed by atoms with E-state index in [1.165, 1.54) is 17.2 Å². The van der Waals surface area contributed by atoms with E-state index in [2.05, 4.69) is 43.4 Å². The summed E-state index contributed by atoms with van der Waals surface area (Å²) in [6.45, 7) is 4.86. The zero-order valence-corrected chi connectivity index (χ0v) is 12.2. The van der Waals surface area contributed by atoms with Crippen LogP contribution in [0.25, 0.3) is 0 Å². The van der Waals surface area contributed by atoms with Crippen LogP contribution in [0.15, 0.2) is 48.5 Å². The molecule has 0 saturated carbocycles. The molecule has 2 aromatic rings. The third-order valence-corrected chi connectivity index (χ3v) is 3.70. The molecule has 1 unspecified atom stereocenters. The highest BCUT2D eigenvalue weighted by Gasteiger charge is 2.09. The van der Waals surface area contributed by atoms with Crippen molar-refractivity contribution >= 4 is 0 Å². The van der Waals surface area contributed by atoms with Crippen LogP contribution in [0.5, 0.6) is 0 Å². The van der Waals surface area contributed by atoms with Crippen molar-refractivity contribution in [3.05, 3.63) is 71.0 Å². The van der Waals surface area contributed by atoms with Crippen molar-refractivity contribution in [2.45, 2.75) is 39.3 Å². The van der Waals surface area contributed by atoms with Gasteiger partial charge in [0.25, 0.3) is 0 Å². The average molecular weight is 271 g/mol. The molecule has 2 rings (SSSR count). The molecule has 2 aromatic carbocycles. The molecule has 0 aromatic heterocycles. The number of hydrogen-bond donors (Lipinski definition) is 1. The first-order valence-electron chi connectivity index (χ1n) is 7.30. The number of benzene rings is 2. The molecule has 1 atom stereocenters. The van der Waals surface area contributed by atoms with E-state index in [4.69, 9.17) is 0 Å². The molecule has 106 valence electrons. The maximum atomic E-state index is 13.6. The second kappa shape index (κ2) is 7.20. The number of aryl methyl sites for hydroxylation is 1. The van der Waals surface area contributed by atoms with Crippen LogP contribution in [0.3, 0.4) is 0 Å². The topological polar surface area (TPSA) is 12.0 Å². The van der Waals surface area contributed by atoms with Gasteiger partial charge in [-0.25, -0.2) is 4.39 Å². The minimum Gasteiger partial charge on any atom is -0.306 e. The second-order valence-electron chi connectivity index (χ2n) is 5.03. The molecule has 0 heterocycles. The molecule has 0 amide bonds. The SMILES string of the molecule is CCc1ccc(C(CC)NCc2ccccc2F)cc1. The highest BCUT2D eigenvalue weighted by Crippen LogP contribution is 2.18. The van der Waals surface area contributed by atoms with Crippen molar-refractivity contribution in [2.75, 3.05) is 0 Å². The van der Waals surface area contributed by atoms with Crippen LogP contribution < -0.4 is 5.32 Å². The Kier molecular flexibility index (Phi) is 5.31. The highest BCUT2D eigenvalue weighted by molar-refractivity contribution is 5.25. The number of rotatable bonds is 6. The molecular weight excluding hydrogens is 249 g/mol. The van der Waals surface area contributed by atoms with Crippen LogP contribution in [0.1, 0.15) is 43.0 Å². The fraction of sp³-hybridized carbons (Fsp3) is 0.333. The summed E-state index contributed by atoms with van der Waals surface area (Å²) in [6, 6.07) is 15.9. The first-order chi connectivity index (χ1) is 9.74. The largest absolute Gasteiger partial charge is 0.306 e. The van der Waals surface area contributed by atoms with Crippen molar-refractivity contribution in [3.63, 3.8) is 0 Å². The van der Waals surface area contributed by atoms with E-state index in [1.54, 1.807) is 6.07 Å². The van der Waals surface area contributed by atoms with Gasteiger partial charge in [0.1, 0.15) is 5.82 Å². The Morgan fingerprint density at radius 1 is 1.00 bits per heavy atom. The maximum Gasteiger partial charge on any atom is 0.127 e. The molecule has 0 aliphatic heterocycles. The van der Waals surface area contributed by atoms with E-state index in [0.29, 0.717) is 6.54 Å². The van der Waals surface area contributed by atoms with Crippen molar-refractivity contribution < 1.29 is 4.39 Å². The monoisotopic (exact) mass is 271 g/mol. The average Bonchev–Trinajstić information content (AvgIpc) is 2.50. The molecule has 0 saturated heterocycles. The summed E-state index contributed by atoms with van der Waals surface area (Å²) in [4.78, 5) is 0. The van der Waals surface area contributed by atoms with Crippen LogP contribution in [0, 0.1) is 5.82 Å². The Bertz CT molecular complexity index is 533. The highest BCUT2D eigenvalue weighted by atomic mass is 19.1. The Morgan fingerprint density at radius 2 is 1.70 bits per heavy atom. The lowest BCUT2D eigenvalue weighted by molar-refractivity contribution is 0.504. The van der Waals surface area contributed by atoms with Gasteiger partial charge < -0.3 is 5.32 Å². The first-order valence-corrected chi connectivity index (χ1v) is 7.30. The Hall–Kier alpha value is -1.67. The van der Waals surface area contributed by atoms with E-state index in [1.807, 2.05) is 12.1 Å². The lowest BCUT2D eigenvalue weighted by atomic mass is 10.0. The molecule has 0 bridgehead atoms. The standard InChI is InChI=1S/C18H22FN/c1-3-14-9-11-15(12-10-14)18(4-2)20-13-16-7-5-6-8-17(16)19/h5-12,18,20H,3-4,13H2,1-2H3. The van der Waals surface area contributed by atoms with Crippen LogP contribution >= 0.6 is 0 Å². The molecule has 0 aliphatic carbocycles. The van der Waals surface area contributed by atoms with E-state index in [0.717, 1.165) is 18.4 Å². The van der Waals surface area contributed by atoms with Gasteiger partial charge in [-0.1, -0.05) is 56.3 Å². The van der Waals surface area contributed by atoms with Crippen LogP contribution in [0.2, 0.25) is 0 Å². The summed E-state index contributed by atoms with van der Waals surface area (Å²) in [5.74, 6) is -0.142. The molecule has 0 aliphatic rings. The van der Waals surface area contributed by atoms with Gasteiger partial charge in [0.2, 0.25) is 0 Å². The van der Waals surface area contributed by atoms with Crippen LogP contribution in [-0.4, -0.2) is 0 Å². The smallest absolute Gasteiger partial charge is 0.127 e. The van der Waals surface area contributed by atoms with Gasteiger partial charge in [0, 0.05) is 18.2 Å². The summed E-state index contributed by atoms with van der Waals surface area (Å²) in [5.41, 5.74) is 3.33. The molecule has 0 spiro atoms. The summed E-state index contributed by atoms with van der Waals surface area (Å²) in [7, 11) is 0. The third-order valence-electron chi connectivity index (χ3n) is 3.70. The van der Waals surface area contributed by atoms with E-state index < -0.39 is 0 Å². The minimum absolute atomic E-state index is 0.142. The van der Waals surface area contributed by atoms with E-state index >= 15 is 0 Å². The van der Waals surface area contributed by atoms with Gasteiger partial charge in [0.15, 0.2) is 0 Å². The molecule has 0 radical (unpaired) electrons. The lowest BCUT2D eigenvalue weighted by Crippen LogP contribution is -2.20. The van der Waals surface area contributed by atoms with Crippen molar-refractivity contribution in [2.24, 2.45) is 0 Å². The number of halogens is 1. The van der Waals surface area contributed by atoms with Gasteiger partial charge in [-0.2, -0.15) is 0 Å². The first kappa shape index (κ1) is 14.7. The van der Waals surface area contributed by atoms with Crippen molar-refractivity contribution in [3.8, 4) is 0 Å². The van der Waals surface area contributed by atoms with Gasteiger partial charge >= 0.3 is 0 Å². The van der Waals surface area contributed by atoms with Gasteiger partial charge in [-0.3, -0.25) is 0 Å². The molecule has 20 heavy (non-hydrogen) atoms. The maximum absolute atomic E-state index is 13.6. The summed E-state index contributed by atoms with van der Waals surface area (Å²) >= 11 is 0. The predicted molar refractivity (Wildman–Crippen MR) is 82.1 cm³/mol. The fourth-order valence-electron chi connectivity index (χ4n) is 2.36. The fourth-order valence-corrected chi connectivity index (χ4v) is 2.36. The zero-order chi connectivity index (χ0) is 14.4. The quantitative estimate of drug-likeness (QED) is 0.807. The summed E-state index contributed by atoms with van der Waals surface area (Å²) in [6.07, 6.45) is 2.04. The Labute approximate surface area is 120 Å². The molecule has 0 fully saturated rings. The molecule has 1 nitrogen and oxygen atoms in total. The van der Waals surface area contributed by atoms with Gasteiger partial charge in [-0.05, 0) is 30.0 Å². The second-order valence-corrected chi connectivity index (χ2v) is 5.03. The van der Waals surface area contributed by atoms with Gasteiger partial charge in [-0.15, -0.1) is 0 Å². The Balaban J connectivity index is 2.03. The minimum atomic E-state index is -0.142. The van der Waals surface area contributed by atoms with Crippen molar-refractivity contribution in [1.29, 1.82) is 0 Å². The van der Waals surface area contributed by atoms with Crippen LogP contribution in [0.4, 0.5) is 4.39 Å². The summed E-state index contributed by atoms with van der Waals surface area (Å²) < 4.78 is 13.6. The molecule has 1 N–H and O–H groups in total. The summed E-state index contributed by atoms with van der Waals surface area (Å²) in [5, 5.41) is 3.44. The lowest BCUT2D eigenvalue weighted by Gasteiger charge is -2.18. The van der Waals surface area contributed by atoms with Crippen molar-refractivity contribution in [1.82, 2.24) is 5.32 Å². The van der Waals surface area contributed by atoms with E-state index in [-0.39, 0.29) is 11.9 Å². The Morgan fingerprint density at radius 3 is 2.30 bits per heavy atom.